The number of urea groups is 1. The van der Waals surface area contributed by atoms with Crippen LogP contribution in [0.4, 0.5) is 4.79 Å². The number of carbonyl (C=O) groups excluding carboxylic acids is 3. The van der Waals surface area contributed by atoms with E-state index in [2.05, 4.69) is 9.89 Å². The van der Waals surface area contributed by atoms with E-state index in [1.54, 1.807) is 31.2 Å². The minimum absolute atomic E-state index is 0.111. The molecule has 11 heteroatoms. The summed E-state index contributed by atoms with van der Waals surface area (Å²) < 4.78 is 12.4. The van der Waals surface area contributed by atoms with Crippen molar-refractivity contribution in [3.8, 4) is 0 Å². The number of hydrogen-bond acceptors (Lipinski definition) is 7. The third-order valence-electron chi connectivity index (χ3n) is 5.91. The number of piperazine rings is 1. The Balaban J connectivity index is 1.48. The number of amidine groups is 2. The number of methoxy groups -OCH3 is 1. The van der Waals surface area contributed by atoms with Crippen molar-refractivity contribution in [3.05, 3.63) is 24.2 Å². The molecule has 0 aromatic carbocycles. The molecule has 0 radical (unpaired) electrons. The van der Waals surface area contributed by atoms with E-state index in [4.69, 9.17) is 9.15 Å². The highest BCUT2D eigenvalue weighted by atomic mass is 16.5. The first-order chi connectivity index (χ1) is 14.9. The average molecular weight is 431 g/mol. The highest BCUT2D eigenvalue weighted by molar-refractivity contribution is 6.23. The summed E-state index contributed by atoms with van der Waals surface area (Å²) in [5, 5.41) is 0. The van der Waals surface area contributed by atoms with E-state index >= 15 is 0 Å². The molecule has 2 saturated heterocycles. The van der Waals surface area contributed by atoms with E-state index in [0.717, 1.165) is 10.7 Å². The standard InChI is InChI=1S/C20H27N6O5/c1-22-17-16(19(28)23(2)20(22)29)26(10-12-30-3)15(21-17)13-24-6-8-25(9-7-24)18(27)14-5-4-11-31-14/h4-5,11,16H,6-10,12-13H2,1-3H3/q+1. The maximum Gasteiger partial charge on any atom is 0.333 e. The fraction of sp³-hybridized carbons (Fsp3) is 0.550. The van der Waals surface area contributed by atoms with E-state index in [0.29, 0.717) is 57.5 Å². The highest BCUT2D eigenvalue weighted by Crippen LogP contribution is 2.19. The van der Waals surface area contributed by atoms with Crippen molar-refractivity contribution in [2.75, 3.05) is 67.1 Å². The van der Waals surface area contributed by atoms with Gasteiger partial charge in [0.2, 0.25) is 0 Å². The molecule has 1 atom stereocenters. The minimum atomic E-state index is -0.625. The zero-order valence-corrected chi connectivity index (χ0v) is 18.0. The van der Waals surface area contributed by atoms with Crippen LogP contribution >= 0.6 is 0 Å². The number of ether oxygens (including phenoxy) is 1. The average Bonchev–Trinajstić information content (AvgIpc) is 3.43. The molecule has 11 nitrogen and oxygen atoms in total. The van der Waals surface area contributed by atoms with Gasteiger partial charge in [0.25, 0.3) is 23.7 Å². The Bertz CT molecular complexity index is 932. The van der Waals surface area contributed by atoms with Gasteiger partial charge < -0.3 is 14.1 Å². The summed E-state index contributed by atoms with van der Waals surface area (Å²) >= 11 is 0. The van der Waals surface area contributed by atoms with E-state index in [9.17, 15) is 14.4 Å². The summed E-state index contributed by atoms with van der Waals surface area (Å²) in [6.45, 7) is 3.94. The summed E-state index contributed by atoms with van der Waals surface area (Å²) in [5.41, 5.74) is 0. The van der Waals surface area contributed by atoms with Crippen LogP contribution in [0.2, 0.25) is 0 Å². The maximum absolute atomic E-state index is 12.8. The maximum atomic E-state index is 12.8. The second-order valence-electron chi connectivity index (χ2n) is 7.76. The molecule has 2 fully saturated rings. The number of furan rings is 1. The van der Waals surface area contributed by atoms with E-state index < -0.39 is 12.1 Å². The van der Waals surface area contributed by atoms with Gasteiger partial charge in [-0.2, -0.15) is 0 Å². The van der Waals surface area contributed by atoms with Crippen LogP contribution in [0.15, 0.2) is 27.8 Å². The highest BCUT2D eigenvalue weighted by Gasteiger charge is 2.53. The molecule has 4 amide bonds. The van der Waals surface area contributed by atoms with Gasteiger partial charge in [-0.25, -0.2) is 9.37 Å². The minimum Gasteiger partial charge on any atom is -0.459 e. The molecule has 0 saturated carbocycles. The number of rotatable bonds is 6. The van der Waals surface area contributed by atoms with Crippen molar-refractivity contribution in [2.45, 2.75) is 6.04 Å². The van der Waals surface area contributed by atoms with Crippen LogP contribution in [0.1, 0.15) is 10.6 Å². The molecule has 1 aromatic heterocycles. The van der Waals surface area contributed by atoms with E-state index in [-0.39, 0.29) is 11.8 Å². The molecule has 0 N–H and O–H groups in total. The number of aliphatic imine (C=N–C) groups is 1. The zero-order chi connectivity index (χ0) is 22.1. The van der Waals surface area contributed by atoms with Crippen LogP contribution in [0.5, 0.6) is 0 Å². The van der Waals surface area contributed by atoms with Gasteiger partial charge in [-0.05, 0) is 17.1 Å². The lowest BCUT2D eigenvalue weighted by Gasteiger charge is -2.33. The predicted octanol–water partition coefficient (Wildman–Crippen LogP) is -0.601. The van der Waals surface area contributed by atoms with Crippen molar-refractivity contribution in [2.24, 2.45) is 4.99 Å². The van der Waals surface area contributed by atoms with Crippen LogP contribution in [0, 0.1) is 0 Å². The monoisotopic (exact) mass is 431 g/mol. The smallest absolute Gasteiger partial charge is 0.333 e. The van der Waals surface area contributed by atoms with Gasteiger partial charge in [0.15, 0.2) is 5.76 Å². The van der Waals surface area contributed by atoms with Crippen LogP contribution < -0.4 is 0 Å². The second kappa shape index (κ2) is 8.60. The Morgan fingerprint density at radius 1 is 1.23 bits per heavy atom. The van der Waals surface area contributed by atoms with Gasteiger partial charge >= 0.3 is 11.9 Å². The molecule has 0 aliphatic carbocycles. The number of carbonyl (C=O) groups is 3. The molecular formula is C20H27N6O5+. The fourth-order valence-corrected chi connectivity index (χ4v) is 4.09. The van der Waals surface area contributed by atoms with Gasteiger partial charge in [-0.1, -0.05) is 0 Å². The SMILES string of the molecule is COCC[N+]1=C(CN2CCN(C(=O)c3ccco3)CC2)N=C2C1C(=O)N(C)C(=O)N2C. The molecule has 1 aromatic rings. The zero-order valence-electron chi connectivity index (χ0n) is 18.0. The quantitative estimate of drug-likeness (QED) is 0.558. The number of likely N-dealkylation sites (N-methyl/N-ethyl adjacent to an activating group) is 2. The first-order valence-corrected chi connectivity index (χ1v) is 10.2. The van der Waals surface area contributed by atoms with Gasteiger partial charge in [0, 0.05) is 47.4 Å². The first-order valence-electron chi connectivity index (χ1n) is 10.2. The lowest BCUT2D eigenvalue weighted by atomic mass is 10.1. The molecule has 3 aliphatic rings. The largest absolute Gasteiger partial charge is 0.459 e. The van der Waals surface area contributed by atoms with E-state index in [1.807, 2.05) is 4.58 Å². The molecule has 4 rings (SSSR count). The number of hydrogen-bond donors (Lipinski definition) is 0. The Morgan fingerprint density at radius 2 is 1.97 bits per heavy atom. The Morgan fingerprint density at radius 3 is 2.61 bits per heavy atom. The summed E-state index contributed by atoms with van der Waals surface area (Å²) in [6, 6.07) is 2.35. The normalized spacial score (nSPS) is 22.4. The number of amides is 4. The third kappa shape index (κ3) is 3.86. The van der Waals surface area contributed by atoms with Gasteiger partial charge in [-0.3, -0.25) is 24.3 Å². The molecule has 1 unspecified atom stereocenters. The number of nitrogens with zero attached hydrogens (tertiary/aromatic N) is 6. The molecule has 0 bridgehead atoms. The van der Waals surface area contributed by atoms with Crippen molar-refractivity contribution in [3.63, 3.8) is 0 Å². The molecule has 4 heterocycles. The van der Waals surface area contributed by atoms with Gasteiger partial charge in [0.05, 0.1) is 12.9 Å². The summed E-state index contributed by atoms with van der Waals surface area (Å²) in [6.07, 6.45) is 1.49. The first kappa shape index (κ1) is 21.2. The Labute approximate surface area is 180 Å². The molecule has 0 spiro atoms. The van der Waals surface area contributed by atoms with Crippen LogP contribution in [-0.2, 0) is 9.53 Å². The lowest BCUT2D eigenvalue weighted by Crippen LogP contribution is -2.61. The van der Waals surface area contributed by atoms with E-state index in [1.165, 1.54) is 18.2 Å². The summed E-state index contributed by atoms with van der Waals surface area (Å²) in [4.78, 5) is 48.8. The Hall–Kier alpha value is -3.05. The van der Waals surface area contributed by atoms with Gasteiger partial charge in [0.1, 0.15) is 13.1 Å². The summed E-state index contributed by atoms with van der Waals surface area (Å²) in [7, 11) is 4.73. The molecule has 31 heavy (non-hydrogen) atoms. The van der Waals surface area contributed by atoms with Gasteiger partial charge in [-0.15, -0.1) is 0 Å². The van der Waals surface area contributed by atoms with Crippen LogP contribution in [0.3, 0.4) is 0 Å². The van der Waals surface area contributed by atoms with Crippen molar-refractivity contribution >= 4 is 29.5 Å². The third-order valence-corrected chi connectivity index (χ3v) is 5.91. The summed E-state index contributed by atoms with van der Waals surface area (Å²) in [5.74, 6) is 1.12. The second-order valence-corrected chi connectivity index (χ2v) is 7.76. The molecule has 3 aliphatic heterocycles. The van der Waals surface area contributed by atoms with Crippen molar-refractivity contribution < 1.29 is 28.1 Å². The number of imide groups is 1. The topological polar surface area (TPSA) is 102 Å². The fourth-order valence-electron chi connectivity index (χ4n) is 4.09. The van der Waals surface area contributed by atoms with Crippen molar-refractivity contribution in [1.29, 1.82) is 0 Å². The predicted molar refractivity (Wildman–Crippen MR) is 110 cm³/mol. The molecular weight excluding hydrogens is 404 g/mol. The van der Waals surface area contributed by atoms with Crippen LogP contribution in [0.25, 0.3) is 0 Å². The Kier molecular flexibility index (Phi) is 5.88. The number of fused-ring (bicyclic) bond motifs is 1. The molecule has 166 valence electrons. The van der Waals surface area contributed by atoms with Crippen LogP contribution in [-0.4, -0.2) is 127 Å². The lowest BCUT2D eigenvalue weighted by molar-refractivity contribution is -0.538. The van der Waals surface area contributed by atoms with Crippen molar-refractivity contribution in [1.82, 2.24) is 19.6 Å².